The second-order valence-electron chi connectivity index (χ2n) is 7.80. The van der Waals surface area contributed by atoms with Crippen molar-refractivity contribution in [1.82, 2.24) is 4.90 Å². The number of amides is 1. The molecule has 11 heteroatoms. The molecule has 0 aromatic rings. The first-order chi connectivity index (χ1) is 14.1. The van der Waals surface area contributed by atoms with Crippen molar-refractivity contribution < 1.29 is 49.0 Å². The molecule has 0 aromatic carbocycles. The lowest BCUT2D eigenvalue weighted by Gasteiger charge is -2.27. The summed E-state index contributed by atoms with van der Waals surface area (Å²) in [6.07, 6.45) is -1.06. The van der Waals surface area contributed by atoms with Gasteiger partial charge in [-0.2, -0.15) is 0 Å². The number of ether oxygens (including phenoxy) is 3. The number of carbonyl (C=O) groups is 3. The van der Waals surface area contributed by atoms with E-state index in [0.717, 1.165) is 0 Å². The van der Waals surface area contributed by atoms with Crippen molar-refractivity contribution in [2.24, 2.45) is 11.8 Å². The molecule has 0 radical (unpaired) electrons. The summed E-state index contributed by atoms with van der Waals surface area (Å²) in [5.74, 6) is -2.42. The Morgan fingerprint density at radius 2 is 1.13 bits per heavy atom. The Morgan fingerprint density at radius 1 is 0.767 bits per heavy atom. The molecule has 0 fully saturated rings. The van der Waals surface area contributed by atoms with E-state index in [4.69, 9.17) is 34.6 Å². The number of carbonyl (C=O) groups excluding carboxylic acids is 3. The van der Waals surface area contributed by atoms with E-state index in [1.807, 2.05) is 0 Å². The van der Waals surface area contributed by atoms with Crippen LogP contribution >= 0.6 is 0 Å². The van der Waals surface area contributed by atoms with Gasteiger partial charge in [-0.25, -0.2) is 4.79 Å². The first-order valence-electron chi connectivity index (χ1n) is 9.78. The number of rotatable bonds is 14. The van der Waals surface area contributed by atoms with Crippen LogP contribution in [0.25, 0.3) is 0 Å². The Bertz CT molecular complexity index is 480. The minimum atomic E-state index is -0.776. The number of hydrogen-bond donors (Lipinski definition) is 4. The molecule has 0 aliphatic carbocycles. The number of esters is 2. The highest BCUT2D eigenvalue weighted by atomic mass is 16.6. The Balaban J connectivity index is 4.70. The van der Waals surface area contributed by atoms with Crippen LogP contribution in [0.2, 0.25) is 0 Å². The van der Waals surface area contributed by atoms with Crippen molar-refractivity contribution in [1.29, 1.82) is 0 Å². The van der Waals surface area contributed by atoms with Gasteiger partial charge in [0.25, 0.3) is 0 Å². The zero-order valence-electron chi connectivity index (χ0n) is 17.9. The summed E-state index contributed by atoms with van der Waals surface area (Å²) < 4.78 is 15.2. The molecule has 1 amide bonds. The third-order valence-corrected chi connectivity index (χ3v) is 3.82. The molecule has 0 aliphatic heterocycles. The zero-order chi connectivity index (χ0) is 23.2. The molecule has 0 rings (SSSR count). The Kier molecular flexibility index (Phi) is 14.0. The van der Waals surface area contributed by atoms with Crippen molar-refractivity contribution in [3.05, 3.63) is 0 Å². The molecule has 0 aliphatic rings. The predicted molar refractivity (Wildman–Crippen MR) is 104 cm³/mol. The Morgan fingerprint density at radius 3 is 1.43 bits per heavy atom. The number of hydrogen-bond acceptors (Lipinski definition) is 10. The van der Waals surface area contributed by atoms with Crippen molar-refractivity contribution in [2.75, 3.05) is 52.7 Å². The average Bonchev–Trinajstić information content (AvgIpc) is 2.68. The third-order valence-electron chi connectivity index (χ3n) is 3.82. The monoisotopic (exact) mass is 437 g/mol. The van der Waals surface area contributed by atoms with Gasteiger partial charge in [0.15, 0.2) is 0 Å². The van der Waals surface area contributed by atoms with Gasteiger partial charge in [-0.3, -0.25) is 9.59 Å². The minimum Gasteiger partial charge on any atom is -0.465 e. The van der Waals surface area contributed by atoms with Gasteiger partial charge in [-0.05, 0) is 20.8 Å². The molecule has 0 heterocycles. The van der Waals surface area contributed by atoms with Crippen LogP contribution in [0.1, 0.15) is 33.6 Å². The molecule has 176 valence electrons. The van der Waals surface area contributed by atoms with Crippen LogP contribution < -0.4 is 0 Å². The van der Waals surface area contributed by atoms with E-state index in [9.17, 15) is 14.4 Å². The number of aliphatic hydroxyl groups excluding tert-OH is 4. The van der Waals surface area contributed by atoms with Crippen molar-refractivity contribution in [3.8, 4) is 0 Å². The van der Waals surface area contributed by atoms with Crippen molar-refractivity contribution >= 4 is 18.0 Å². The molecular weight excluding hydrogens is 402 g/mol. The van der Waals surface area contributed by atoms with Crippen molar-refractivity contribution in [2.45, 2.75) is 39.2 Å². The molecule has 4 N–H and O–H groups in total. The van der Waals surface area contributed by atoms with E-state index in [1.165, 1.54) is 4.90 Å². The maximum atomic E-state index is 12.4. The fraction of sp³-hybridized carbons (Fsp3) is 0.842. The maximum absolute atomic E-state index is 12.4. The quantitative estimate of drug-likeness (QED) is 0.202. The predicted octanol–water partition coefficient (Wildman–Crippen LogP) is -0.708. The maximum Gasteiger partial charge on any atom is 0.410 e. The molecule has 0 saturated carbocycles. The molecule has 0 bridgehead atoms. The highest BCUT2D eigenvalue weighted by Crippen LogP contribution is 2.11. The molecule has 0 saturated heterocycles. The zero-order valence-corrected chi connectivity index (χ0v) is 17.9. The molecule has 30 heavy (non-hydrogen) atoms. The van der Waals surface area contributed by atoms with Gasteiger partial charge in [0.1, 0.15) is 5.60 Å². The Hall–Kier alpha value is -1.95. The molecule has 0 atom stereocenters. The first-order valence-corrected chi connectivity index (χ1v) is 9.78. The number of nitrogens with zero attached hydrogens (tertiary/aromatic N) is 1. The van der Waals surface area contributed by atoms with Gasteiger partial charge >= 0.3 is 18.0 Å². The lowest BCUT2D eigenvalue weighted by molar-refractivity contribution is -0.146. The summed E-state index contributed by atoms with van der Waals surface area (Å²) in [7, 11) is 0. The number of aliphatic hydroxyl groups is 4. The summed E-state index contributed by atoms with van der Waals surface area (Å²) >= 11 is 0. The lowest BCUT2D eigenvalue weighted by Crippen LogP contribution is -2.39. The molecule has 0 spiro atoms. The van der Waals surface area contributed by atoms with E-state index >= 15 is 0 Å². The van der Waals surface area contributed by atoms with Crippen molar-refractivity contribution in [3.63, 3.8) is 0 Å². The van der Waals surface area contributed by atoms with Gasteiger partial charge in [-0.1, -0.05) is 0 Å². The molecule has 0 unspecified atom stereocenters. The smallest absolute Gasteiger partial charge is 0.410 e. The van der Waals surface area contributed by atoms with E-state index in [1.54, 1.807) is 20.8 Å². The van der Waals surface area contributed by atoms with Crippen LogP contribution in [0.5, 0.6) is 0 Å². The largest absolute Gasteiger partial charge is 0.465 e. The van der Waals surface area contributed by atoms with E-state index < -0.39 is 35.5 Å². The van der Waals surface area contributed by atoms with Crippen LogP contribution in [0.4, 0.5) is 4.79 Å². The second kappa shape index (κ2) is 14.9. The standard InChI is InChI=1S/C19H35NO10/c1-19(2,3)30-18(27)20(6-4-16(25)28-12-14(8-21)9-22)7-5-17(26)29-13-15(10-23)11-24/h14-15,21-24H,4-13H2,1-3H3. The van der Waals surface area contributed by atoms with E-state index in [-0.39, 0.29) is 65.6 Å². The van der Waals surface area contributed by atoms with Crippen LogP contribution in [-0.2, 0) is 23.8 Å². The van der Waals surface area contributed by atoms with Gasteiger partial charge in [0, 0.05) is 24.9 Å². The molecule has 11 nitrogen and oxygen atoms in total. The Labute approximate surface area is 176 Å². The summed E-state index contributed by atoms with van der Waals surface area (Å²) in [5.41, 5.74) is -0.776. The van der Waals surface area contributed by atoms with Crippen LogP contribution in [-0.4, -0.2) is 102 Å². The van der Waals surface area contributed by atoms with Crippen LogP contribution in [0.15, 0.2) is 0 Å². The highest BCUT2D eigenvalue weighted by Gasteiger charge is 2.24. The minimum absolute atomic E-state index is 0.0696. The van der Waals surface area contributed by atoms with E-state index in [0.29, 0.717) is 0 Å². The lowest BCUT2D eigenvalue weighted by atomic mass is 10.2. The SMILES string of the molecule is CC(C)(C)OC(=O)N(CCC(=O)OCC(CO)CO)CCC(=O)OCC(CO)CO. The molecular formula is C19H35NO10. The summed E-state index contributed by atoms with van der Waals surface area (Å²) in [6.45, 7) is 3.28. The summed E-state index contributed by atoms with van der Waals surface area (Å²) in [6, 6.07) is 0. The highest BCUT2D eigenvalue weighted by molar-refractivity contribution is 5.73. The fourth-order valence-corrected chi connectivity index (χ4v) is 1.97. The third kappa shape index (κ3) is 13.3. The van der Waals surface area contributed by atoms with Gasteiger partial charge < -0.3 is 39.5 Å². The summed E-state index contributed by atoms with van der Waals surface area (Å²) in [4.78, 5) is 37.3. The first kappa shape index (κ1) is 28.1. The normalized spacial score (nSPS) is 11.5. The van der Waals surface area contributed by atoms with Crippen LogP contribution in [0, 0.1) is 11.8 Å². The van der Waals surface area contributed by atoms with Crippen LogP contribution in [0.3, 0.4) is 0 Å². The van der Waals surface area contributed by atoms with Gasteiger partial charge in [0.2, 0.25) is 0 Å². The van der Waals surface area contributed by atoms with E-state index in [2.05, 4.69) is 0 Å². The van der Waals surface area contributed by atoms with Gasteiger partial charge in [-0.15, -0.1) is 0 Å². The summed E-state index contributed by atoms with van der Waals surface area (Å²) in [5, 5.41) is 35.9. The average molecular weight is 437 g/mol. The topological polar surface area (TPSA) is 163 Å². The molecule has 0 aromatic heterocycles. The van der Waals surface area contributed by atoms with Gasteiger partial charge in [0.05, 0.1) is 52.5 Å². The fourth-order valence-electron chi connectivity index (χ4n) is 1.97. The second-order valence-corrected chi connectivity index (χ2v) is 7.80.